The van der Waals surface area contributed by atoms with Crippen molar-refractivity contribution in [3.05, 3.63) is 35.4 Å². The van der Waals surface area contributed by atoms with Gasteiger partial charge in [-0.15, -0.1) is 0 Å². The van der Waals surface area contributed by atoms with Crippen molar-refractivity contribution in [2.75, 3.05) is 0 Å². The average Bonchev–Trinajstić information content (AvgIpc) is 2.37. The van der Waals surface area contributed by atoms with Crippen LogP contribution in [0.1, 0.15) is 31.4 Å². The molecule has 6 heteroatoms. The lowest BCUT2D eigenvalue weighted by atomic mass is 10.1. The third-order valence-electron chi connectivity index (χ3n) is 2.80. The Labute approximate surface area is 113 Å². The molecule has 0 saturated heterocycles. The minimum Gasteiger partial charge on any atom is -0.274 e. The van der Waals surface area contributed by atoms with Crippen molar-refractivity contribution >= 4 is 15.9 Å². The maximum absolute atomic E-state index is 11.9. The highest BCUT2D eigenvalue weighted by Gasteiger charge is 2.20. The fraction of sp³-hybridized carbons (Fsp3) is 0.385. The molecule has 1 amide bonds. The Morgan fingerprint density at radius 3 is 2.63 bits per heavy atom. The SMILES string of the molecule is CC[C@@H](C)C(=O)NS(=O)(=O)Cc1ccccc1C#N. The van der Waals surface area contributed by atoms with Crippen LogP contribution in [0.5, 0.6) is 0 Å². The second-order valence-corrected chi connectivity index (χ2v) is 6.03. The summed E-state index contributed by atoms with van der Waals surface area (Å²) in [5, 5.41) is 8.89. The zero-order chi connectivity index (χ0) is 14.5. The number of carbonyl (C=O) groups is 1. The molecule has 0 radical (unpaired) electrons. The van der Waals surface area contributed by atoms with E-state index in [0.29, 0.717) is 17.5 Å². The lowest BCUT2D eigenvalue weighted by molar-refractivity contribution is -0.122. The van der Waals surface area contributed by atoms with Crippen molar-refractivity contribution in [1.82, 2.24) is 4.72 Å². The summed E-state index contributed by atoms with van der Waals surface area (Å²) in [4.78, 5) is 11.6. The third kappa shape index (κ3) is 4.38. The van der Waals surface area contributed by atoms with E-state index in [0.717, 1.165) is 0 Å². The number of benzene rings is 1. The Kier molecular flexibility index (Phi) is 5.07. The number of amides is 1. The van der Waals surface area contributed by atoms with Crippen molar-refractivity contribution in [3.63, 3.8) is 0 Å². The van der Waals surface area contributed by atoms with Crippen LogP contribution in [0.15, 0.2) is 24.3 Å². The lowest BCUT2D eigenvalue weighted by Gasteiger charge is -2.11. The van der Waals surface area contributed by atoms with Crippen LogP contribution in [-0.2, 0) is 20.6 Å². The molecule has 1 N–H and O–H groups in total. The predicted molar refractivity (Wildman–Crippen MR) is 71.4 cm³/mol. The quantitative estimate of drug-likeness (QED) is 0.886. The molecule has 0 aliphatic rings. The largest absolute Gasteiger partial charge is 0.274 e. The van der Waals surface area contributed by atoms with Crippen molar-refractivity contribution in [3.8, 4) is 6.07 Å². The summed E-state index contributed by atoms with van der Waals surface area (Å²) < 4.78 is 25.7. The van der Waals surface area contributed by atoms with Crippen LogP contribution in [0, 0.1) is 17.2 Å². The van der Waals surface area contributed by atoms with Crippen LogP contribution in [0.25, 0.3) is 0 Å². The maximum atomic E-state index is 11.9. The van der Waals surface area contributed by atoms with E-state index < -0.39 is 15.9 Å². The zero-order valence-corrected chi connectivity index (χ0v) is 11.7. The first-order chi connectivity index (χ1) is 8.89. The molecule has 5 nitrogen and oxygen atoms in total. The van der Waals surface area contributed by atoms with Gasteiger partial charge in [0.2, 0.25) is 15.9 Å². The molecule has 19 heavy (non-hydrogen) atoms. The van der Waals surface area contributed by atoms with Crippen LogP contribution in [-0.4, -0.2) is 14.3 Å². The van der Waals surface area contributed by atoms with Crippen LogP contribution in [0.2, 0.25) is 0 Å². The van der Waals surface area contributed by atoms with Gasteiger partial charge in [0.15, 0.2) is 0 Å². The van der Waals surface area contributed by atoms with Gasteiger partial charge >= 0.3 is 0 Å². The number of carbonyl (C=O) groups excluding carboxylic acids is 1. The van der Waals surface area contributed by atoms with E-state index in [4.69, 9.17) is 5.26 Å². The zero-order valence-electron chi connectivity index (χ0n) is 10.9. The fourth-order valence-electron chi connectivity index (χ4n) is 1.44. The van der Waals surface area contributed by atoms with Gasteiger partial charge in [0.1, 0.15) is 0 Å². The number of hydrogen-bond donors (Lipinski definition) is 1. The number of rotatable bonds is 5. The second kappa shape index (κ2) is 6.34. The summed E-state index contributed by atoms with van der Waals surface area (Å²) >= 11 is 0. The lowest BCUT2D eigenvalue weighted by Crippen LogP contribution is -2.35. The van der Waals surface area contributed by atoms with Gasteiger partial charge in [-0.05, 0) is 18.1 Å². The summed E-state index contributed by atoms with van der Waals surface area (Å²) in [5.74, 6) is -1.25. The Hall–Kier alpha value is -1.87. The highest BCUT2D eigenvalue weighted by atomic mass is 32.2. The minimum absolute atomic E-state index is 0.295. The molecule has 0 aliphatic heterocycles. The molecule has 0 spiro atoms. The first kappa shape index (κ1) is 15.2. The van der Waals surface area contributed by atoms with Crippen LogP contribution in [0.4, 0.5) is 0 Å². The predicted octanol–water partition coefficient (Wildman–Crippen LogP) is 1.55. The van der Waals surface area contributed by atoms with Crippen molar-refractivity contribution in [2.45, 2.75) is 26.0 Å². The number of nitrogens with zero attached hydrogens (tertiary/aromatic N) is 1. The molecule has 1 aromatic rings. The Bertz CT molecular complexity index is 603. The molecule has 1 aromatic carbocycles. The number of nitrogens with one attached hydrogen (secondary N) is 1. The van der Waals surface area contributed by atoms with E-state index in [2.05, 4.69) is 0 Å². The van der Waals surface area contributed by atoms with Gasteiger partial charge in [-0.1, -0.05) is 32.0 Å². The molecular formula is C13H16N2O3S. The van der Waals surface area contributed by atoms with Gasteiger partial charge in [-0.2, -0.15) is 5.26 Å². The molecule has 0 unspecified atom stereocenters. The van der Waals surface area contributed by atoms with Crippen molar-refractivity contribution in [1.29, 1.82) is 5.26 Å². The number of nitriles is 1. The molecule has 0 saturated carbocycles. The summed E-state index contributed by atoms with van der Waals surface area (Å²) in [5.41, 5.74) is 0.679. The topological polar surface area (TPSA) is 87.0 Å². The maximum Gasteiger partial charge on any atom is 0.239 e. The van der Waals surface area contributed by atoms with Crippen LogP contribution >= 0.6 is 0 Å². The minimum atomic E-state index is -3.77. The summed E-state index contributed by atoms with van der Waals surface area (Å²) in [6.45, 7) is 3.47. The third-order valence-corrected chi connectivity index (χ3v) is 4.00. The van der Waals surface area contributed by atoms with E-state index >= 15 is 0 Å². The smallest absolute Gasteiger partial charge is 0.239 e. The Balaban J connectivity index is 2.86. The standard InChI is InChI=1S/C13H16N2O3S/c1-3-10(2)13(16)15-19(17,18)9-12-7-5-4-6-11(12)8-14/h4-7,10H,3,9H2,1-2H3,(H,15,16)/t10-/m1/s1. The first-order valence-electron chi connectivity index (χ1n) is 5.92. The molecule has 0 aliphatic carbocycles. The van der Waals surface area contributed by atoms with Crippen LogP contribution in [0.3, 0.4) is 0 Å². The summed E-state index contributed by atoms with van der Waals surface area (Å²) in [6.07, 6.45) is 0.566. The van der Waals surface area contributed by atoms with E-state index in [1.807, 2.05) is 17.7 Å². The molecule has 102 valence electrons. The second-order valence-electron chi connectivity index (χ2n) is 4.30. The molecular weight excluding hydrogens is 264 g/mol. The van der Waals surface area contributed by atoms with Gasteiger partial charge in [0.25, 0.3) is 0 Å². The van der Waals surface area contributed by atoms with E-state index in [1.165, 1.54) is 0 Å². The van der Waals surface area contributed by atoms with Gasteiger partial charge < -0.3 is 0 Å². The van der Waals surface area contributed by atoms with E-state index in [-0.39, 0.29) is 11.7 Å². The van der Waals surface area contributed by atoms with Gasteiger partial charge in [-0.25, -0.2) is 8.42 Å². The van der Waals surface area contributed by atoms with Crippen LogP contribution < -0.4 is 4.72 Å². The number of sulfonamides is 1. The Morgan fingerprint density at radius 2 is 2.05 bits per heavy atom. The molecule has 1 atom stereocenters. The van der Waals surface area contributed by atoms with Crippen molar-refractivity contribution in [2.24, 2.45) is 5.92 Å². The number of hydrogen-bond acceptors (Lipinski definition) is 4. The van der Waals surface area contributed by atoms with Gasteiger partial charge in [0.05, 0.1) is 17.4 Å². The van der Waals surface area contributed by atoms with Gasteiger partial charge in [-0.3, -0.25) is 9.52 Å². The van der Waals surface area contributed by atoms with E-state index in [9.17, 15) is 13.2 Å². The van der Waals surface area contributed by atoms with Crippen molar-refractivity contribution < 1.29 is 13.2 Å². The monoisotopic (exact) mass is 280 g/mol. The molecule has 0 heterocycles. The molecule has 0 aromatic heterocycles. The van der Waals surface area contributed by atoms with E-state index in [1.54, 1.807) is 31.2 Å². The summed E-state index contributed by atoms with van der Waals surface area (Å²) in [6, 6.07) is 8.35. The van der Waals surface area contributed by atoms with Gasteiger partial charge in [0, 0.05) is 5.92 Å². The highest BCUT2D eigenvalue weighted by molar-refractivity contribution is 7.89. The Morgan fingerprint density at radius 1 is 1.42 bits per heavy atom. The summed E-state index contributed by atoms with van der Waals surface area (Å²) in [7, 11) is -3.77. The molecule has 1 rings (SSSR count). The first-order valence-corrected chi connectivity index (χ1v) is 7.57. The molecule has 0 bridgehead atoms. The highest BCUT2D eigenvalue weighted by Crippen LogP contribution is 2.11. The molecule has 0 fully saturated rings. The fourth-order valence-corrected chi connectivity index (χ4v) is 2.68. The average molecular weight is 280 g/mol. The normalized spacial score (nSPS) is 12.5.